The first-order chi connectivity index (χ1) is 15.9. The predicted octanol–water partition coefficient (Wildman–Crippen LogP) is 3.91. The average Bonchev–Trinajstić information content (AvgIpc) is 3.29. The Kier molecular flexibility index (Phi) is 6.74. The van der Waals surface area contributed by atoms with Gasteiger partial charge in [0.1, 0.15) is 5.82 Å². The molecule has 1 aromatic heterocycles. The molecule has 170 valence electrons. The molecule has 9 heteroatoms. The van der Waals surface area contributed by atoms with Gasteiger partial charge in [-0.2, -0.15) is 0 Å². The highest BCUT2D eigenvalue weighted by molar-refractivity contribution is 6.30. The number of rotatable bonds is 5. The number of pyridine rings is 1. The molecule has 0 radical (unpaired) electrons. The van der Waals surface area contributed by atoms with Crippen molar-refractivity contribution in [2.24, 2.45) is 5.92 Å². The molecule has 1 saturated heterocycles. The van der Waals surface area contributed by atoms with E-state index in [4.69, 9.17) is 11.6 Å². The van der Waals surface area contributed by atoms with E-state index in [1.54, 1.807) is 53.6 Å². The Morgan fingerprint density at radius 1 is 1.09 bits per heavy atom. The number of amides is 3. The molecule has 3 aromatic rings. The van der Waals surface area contributed by atoms with E-state index in [1.807, 2.05) is 0 Å². The molecule has 1 aliphatic rings. The van der Waals surface area contributed by atoms with E-state index >= 15 is 0 Å². The lowest BCUT2D eigenvalue weighted by Crippen LogP contribution is -2.35. The maximum absolute atomic E-state index is 14.6. The molecule has 1 aliphatic heterocycles. The van der Waals surface area contributed by atoms with E-state index in [2.05, 4.69) is 10.6 Å². The number of carbonyl (C=O) groups excluding carboxylic acids is 2. The van der Waals surface area contributed by atoms with Crippen molar-refractivity contribution in [3.05, 3.63) is 93.6 Å². The normalized spacial score (nSPS) is 15.3. The van der Waals surface area contributed by atoms with Crippen LogP contribution in [0.3, 0.4) is 0 Å². The standard InChI is InChI=1S/C24H22ClFN4O3/c25-18-6-4-17(5-7-18)23(32)27-14-16-10-12-29(15-16)24(33)28-21-9-8-19(13-20(21)26)30-11-2-1-3-22(30)31/h1-9,11,13,16H,10,12,14-15H2,(H,27,32)(H,28,33)/t16-/m1/s1. The molecule has 0 bridgehead atoms. The van der Waals surface area contributed by atoms with Crippen LogP contribution in [-0.4, -0.2) is 41.0 Å². The lowest BCUT2D eigenvalue weighted by atomic mass is 10.1. The minimum absolute atomic E-state index is 0.0345. The number of carbonyl (C=O) groups is 2. The molecule has 33 heavy (non-hydrogen) atoms. The van der Waals surface area contributed by atoms with Crippen LogP contribution < -0.4 is 16.2 Å². The van der Waals surface area contributed by atoms with Gasteiger partial charge in [0, 0.05) is 48.5 Å². The zero-order valence-corrected chi connectivity index (χ0v) is 18.4. The van der Waals surface area contributed by atoms with Gasteiger partial charge < -0.3 is 15.5 Å². The molecular weight excluding hydrogens is 447 g/mol. The van der Waals surface area contributed by atoms with Crippen LogP contribution in [0.4, 0.5) is 14.9 Å². The number of aromatic nitrogens is 1. The van der Waals surface area contributed by atoms with E-state index in [0.717, 1.165) is 6.42 Å². The largest absolute Gasteiger partial charge is 0.352 e. The van der Waals surface area contributed by atoms with Crippen molar-refractivity contribution < 1.29 is 14.0 Å². The summed E-state index contributed by atoms with van der Waals surface area (Å²) in [6, 6.07) is 15.1. The first kappa shape index (κ1) is 22.5. The molecule has 4 rings (SSSR count). The van der Waals surface area contributed by atoms with Gasteiger partial charge in [0.2, 0.25) is 0 Å². The van der Waals surface area contributed by atoms with E-state index in [1.165, 1.54) is 22.8 Å². The van der Waals surface area contributed by atoms with Crippen LogP contribution in [0.25, 0.3) is 5.69 Å². The smallest absolute Gasteiger partial charge is 0.321 e. The van der Waals surface area contributed by atoms with Crippen molar-refractivity contribution in [3.8, 4) is 5.69 Å². The summed E-state index contributed by atoms with van der Waals surface area (Å²) >= 11 is 5.84. The number of benzene rings is 2. The lowest BCUT2D eigenvalue weighted by Gasteiger charge is -2.18. The lowest BCUT2D eigenvalue weighted by molar-refractivity contribution is 0.0948. The summed E-state index contributed by atoms with van der Waals surface area (Å²) in [4.78, 5) is 38.4. The Bertz CT molecular complexity index is 1230. The Balaban J connectivity index is 1.31. The number of likely N-dealkylation sites (tertiary alicyclic amines) is 1. The van der Waals surface area contributed by atoms with Crippen LogP contribution in [-0.2, 0) is 0 Å². The van der Waals surface area contributed by atoms with Crippen molar-refractivity contribution in [2.75, 3.05) is 25.0 Å². The van der Waals surface area contributed by atoms with Gasteiger partial charge in [-0.05, 0) is 54.8 Å². The number of halogens is 2. The fourth-order valence-electron chi connectivity index (χ4n) is 3.71. The van der Waals surface area contributed by atoms with Crippen molar-refractivity contribution in [3.63, 3.8) is 0 Å². The van der Waals surface area contributed by atoms with Gasteiger partial charge in [-0.1, -0.05) is 17.7 Å². The minimum atomic E-state index is -0.637. The number of nitrogens with zero attached hydrogens (tertiary/aromatic N) is 2. The number of hydrogen-bond donors (Lipinski definition) is 2. The summed E-state index contributed by atoms with van der Waals surface area (Å²) in [6.07, 6.45) is 2.28. The summed E-state index contributed by atoms with van der Waals surface area (Å²) in [5.41, 5.74) is 0.643. The minimum Gasteiger partial charge on any atom is -0.352 e. The van der Waals surface area contributed by atoms with Crippen LogP contribution in [0.5, 0.6) is 0 Å². The van der Waals surface area contributed by atoms with E-state index in [0.29, 0.717) is 35.9 Å². The molecule has 7 nitrogen and oxygen atoms in total. The fraction of sp³-hybridized carbons (Fsp3) is 0.208. The molecule has 2 heterocycles. The summed E-state index contributed by atoms with van der Waals surface area (Å²) in [5, 5.41) is 6.02. The summed E-state index contributed by atoms with van der Waals surface area (Å²) in [7, 11) is 0. The molecule has 0 saturated carbocycles. The quantitative estimate of drug-likeness (QED) is 0.595. The second-order valence-electron chi connectivity index (χ2n) is 7.82. The maximum Gasteiger partial charge on any atom is 0.321 e. The Morgan fingerprint density at radius 2 is 1.88 bits per heavy atom. The topological polar surface area (TPSA) is 83.4 Å². The second-order valence-corrected chi connectivity index (χ2v) is 8.26. The summed E-state index contributed by atoms with van der Waals surface area (Å²) in [5.74, 6) is -0.735. The molecule has 1 fully saturated rings. The monoisotopic (exact) mass is 468 g/mol. The van der Waals surface area contributed by atoms with Crippen LogP contribution in [0.2, 0.25) is 5.02 Å². The highest BCUT2D eigenvalue weighted by Gasteiger charge is 2.27. The molecule has 0 aliphatic carbocycles. The van der Waals surface area contributed by atoms with E-state index in [9.17, 15) is 18.8 Å². The van der Waals surface area contributed by atoms with Crippen molar-refractivity contribution in [1.82, 2.24) is 14.8 Å². The van der Waals surface area contributed by atoms with Crippen LogP contribution in [0.1, 0.15) is 16.8 Å². The Hall–Kier alpha value is -3.65. The predicted molar refractivity (Wildman–Crippen MR) is 124 cm³/mol. The van der Waals surface area contributed by atoms with Gasteiger partial charge in [0.25, 0.3) is 11.5 Å². The van der Waals surface area contributed by atoms with Crippen LogP contribution in [0.15, 0.2) is 71.7 Å². The van der Waals surface area contributed by atoms with Gasteiger partial charge in [-0.3, -0.25) is 14.2 Å². The molecule has 0 spiro atoms. The number of urea groups is 1. The van der Waals surface area contributed by atoms with E-state index in [-0.39, 0.29) is 23.1 Å². The zero-order valence-electron chi connectivity index (χ0n) is 17.6. The van der Waals surface area contributed by atoms with Crippen LogP contribution in [0, 0.1) is 11.7 Å². The SMILES string of the molecule is O=C(NC[C@H]1CCN(C(=O)Nc2ccc(-n3ccccc3=O)cc2F)C1)c1ccc(Cl)cc1. The third-order valence-electron chi connectivity index (χ3n) is 5.53. The van der Waals surface area contributed by atoms with Crippen molar-refractivity contribution >= 4 is 29.2 Å². The molecular formula is C24H22ClFN4O3. The van der Waals surface area contributed by atoms with Gasteiger partial charge in [0.15, 0.2) is 0 Å². The average molecular weight is 469 g/mol. The molecule has 3 amide bonds. The number of nitrogens with one attached hydrogen (secondary N) is 2. The van der Waals surface area contributed by atoms with Crippen LogP contribution >= 0.6 is 11.6 Å². The highest BCUT2D eigenvalue weighted by atomic mass is 35.5. The Labute approximate surface area is 194 Å². The molecule has 0 unspecified atom stereocenters. The Morgan fingerprint density at radius 3 is 2.61 bits per heavy atom. The first-order valence-electron chi connectivity index (χ1n) is 10.5. The van der Waals surface area contributed by atoms with Gasteiger partial charge in [-0.25, -0.2) is 9.18 Å². The fourth-order valence-corrected chi connectivity index (χ4v) is 3.84. The first-order valence-corrected chi connectivity index (χ1v) is 10.9. The van der Waals surface area contributed by atoms with Gasteiger partial charge >= 0.3 is 6.03 Å². The molecule has 2 aromatic carbocycles. The maximum atomic E-state index is 14.6. The summed E-state index contributed by atoms with van der Waals surface area (Å²) < 4.78 is 15.9. The van der Waals surface area contributed by atoms with Gasteiger partial charge in [-0.15, -0.1) is 0 Å². The van der Waals surface area contributed by atoms with Crippen molar-refractivity contribution in [2.45, 2.75) is 6.42 Å². The number of anilines is 1. The molecule has 2 N–H and O–H groups in total. The van der Waals surface area contributed by atoms with Gasteiger partial charge in [0.05, 0.1) is 11.4 Å². The third-order valence-corrected chi connectivity index (χ3v) is 5.78. The van der Waals surface area contributed by atoms with E-state index < -0.39 is 11.8 Å². The van der Waals surface area contributed by atoms with Crippen molar-refractivity contribution in [1.29, 1.82) is 0 Å². The zero-order chi connectivity index (χ0) is 23.4. The second kappa shape index (κ2) is 9.87. The number of hydrogen-bond acceptors (Lipinski definition) is 3. The highest BCUT2D eigenvalue weighted by Crippen LogP contribution is 2.21. The summed E-state index contributed by atoms with van der Waals surface area (Å²) in [6.45, 7) is 1.39. The molecule has 1 atom stereocenters. The third kappa shape index (κ3) is 5.40.